The molecule has 2 atom stereocenters. The first-order valence-corrected chi connectivity index (χ1v) is 10.3. The fourth-order valence-corrected chi connectivity index (χ4v) is 4.59. The number of ether oxygens (including phenoxy) is 1. The Hall–Kier alpha value is -2.03. The third-order valence-corrected chi connectivity index (χ3v) is 6.22. The molecule has 2 saturated heterocycles. The Morgan fingerprint density at radius 1 is 1.32 bits per heavy atom. The number of primary amides is 1. The smallest absolute Gasteiger partial charge is 0.220 e. The van der Waals surface area contributed by atoms with Crippen LogP contribution in [0.5, 0.6) is 0 Å². The molecule has 3 N–H and O–H groups in total. The number of hydrogen-bond donors (Lipinski definition) is 2. The highest BCUT2D eigenvalue weighted by Crippen LogP contribution is 2.26. The summed E-state index contributed by atoms with van der Waals surface area (Å²) in [6.07, 6.45) is 3.76. The van der Waals surface area contributed by atoms with E-state index in [-0.39, 0.29) is 24.0 Å². The van der Waals surface area contributed by atoms with Crippen LogP contribution in [0, 0.1) is 5.92 Å². The van der Waals surface area contributed by atoms with Crippen LogP contribution in [-0.4, -0.2) is 51.9 Å². The Balaban J connectivity index is 1.64. The van der Waals surface area contributed by atoms with Crippen molar-refractivity contribution < 1.29 is 14.4 Å². The van der Waals surface area contributed by atoms with Gasteiger partial charge in [-0.05, 0) is 29.3 Å². The summed E-state index contributed by atoms with van der Waals surface area (Å²) < 4.78 is 7.63. The van der Waals surface area contributed by atoms with Gasteiger partial charge in [0.2, 0.25) is 11.7 Å². The van der Waals surface area contributed by atoms with Crippen LogP contribution in [0.3, 0.4) is 0 Å². The first-order chi connectivity index (χ1) is 13.6. The van der Waals surface area contributed by atoms with E-state index in [1.54, 1.807) is 0 Å². The number of nitrogens with zero attached hydrogens (tertiary/aromatic N) is 4. The average molecular weight is 406 g/mol. The van der Waals surface area contributed by atoms with Crippen LogP contribution in [0.25, 0.3) is 0 Å². The summed E-state index contributed by atoms with van der Waals surface area (Å²) in [5.74, 6) is 0.520. The molecule has 1 amide bonds. The summed E-state index contributed by atoms with van der Waals surface area (Å²) in [6, 6.07) is 7.74. The minimum atomic E-state index is -0.212. The number of benzene rings is 1. The summed E-state index contributed by atoms with van der Waals surface area (Å²) >= 11 is 6.57. The lowest BCUT2D eigenvalue weighted by Gasteiger charge is -2.33. The van der Waals surface area contributed by atoms with E-state index >= 15 is 0 Å². The van der Waals surface area contributed by atoms with E-state index in [0.717, 1.165) is 56.8 Å². The molecule has 0 unspecified atom stereocenters. The van der Waals surface area contributed by atoms with Crippen molar-refractivity contribution in [1.82, 2.24) is 20.2 Å². The molecule has 2 aliphatic rings. The number of likely N-dealkylation sites (tertiary alicyclic amines) is 1. The number of aromatic nitrogens is 4. The minimum absolute atomic E-state index is 0.0569. The van der Waals surface area contributed by atoms with Crippen LogP contribution in [0.4, 0.5) is 0 Å². The number of amides is 1. The first-order valence-electron chi connectivity index (χ1n) is 9.89. The fourth-order valence-electron chi connectivity index (χ4n) is 4.34. The van der Waals surface area contributed by atoms with Gasteiger partial charge in [0.05, 0.1) is 30.8 Å². The van der Waals surface area contributed by atoms with E-state index in [4.69, 9.17) is 22.1 Å². The highest BCUT2D eigenvalue weighted by atomic mass is 35.5. The van der Waals surface area contributed by atoms with Gasteiger partial charge in [0.25, 0.3) is 0 Å². The standard InChI is InChI=1S/C19H25ClN6O2/c20-16-6-2-1-5-15(16)17(25-9-7-13(8-10-25)18(21)27)19-22-23-24-26(19)12-14-4-3-11-28-14/h1-2,5-6,13-14,17H,3-4,7-12H2,(H2,21,27)/p+1/t14-,17-/m1/s1. The van der Waals surface area contributed by atoms with Crippen molar-refractivity contribution in [3.63, 3.8) is 0 Å². The molecule has 0 spiro atoms. The van der Waals surface area contributed by atoms with Gasteiger partial charge in [-0.3, -0.25) is 4.79 Å². The number of tetrazole rings is 1. The van der Waals surface area contributed by atoms with Gasteiger partial charge in [-0.15, -0.1) is 5.10 Å². The van der Waals surface area contributed by atoms with Crippen molar-refractivity contribution >= 4 is 17.5 Å². The molecule has 1 aromatic heterocycles. The predicted molar refractivity (Wildman–Crippen MR) is 103 cm³/mol. The monoisotopic (exact) mass is 405 g/mol. The van der Waals surface area contributed by atoms with E-state index in [9.17, 15) is 4.79 Å². The van der Waals surface area contributed by atoms with Crippen molar-refractivity contribution in [3.05, 3.63) is 40.7 Å². The summed E-state index contributed by atoms with van der Waals surface area (Å²) in [5, 5.41) is 13.3. The van der Waals surface area contributed by atoms with E-state index in [0.29, 0.717) is 11.6 Å². The molecular weight excluding hydrogens is 380 g/mol. The van der Waals surface area contributed by atoms with Crippen molar-refractivity contribution in [2.75, 3.05) is 19.7 Å². The van der Waals surface area contributed by atoms with Gasteiger partial charge < -0.3 is 15.4 Å². The molecule has 0 saturated carbocycles. The average Bonchev–Trinajstić information content (AvgIpc) is 3.37. The van der Waals surface area contributed by atoms with E-state index in [2.05, 4.69) is 15.5 Å². The SMILES string of the molecule is NC(=O)C1CC[NH+]([C@H](c2ccccc2Cl)c2nnnn2C[C@H]2CCCO2)CC1. The maximum atomic E-state index is 11.6. The van der Waals surface area contributed by atoms with Gasteiger partial charge in [0, 0.05) is 30.9 Å². The Labute approximate surface area is 169 Å². The lowest BCUT2D eigenvalue weighted by atomic mass is 9.93. The highest BCUT2D eigenvalue weighted by Gasteiger charge is 2.37. The van der Waals surface area contributed by atoms with Gasteiger partial charge in [-0.25, -0.2) is 4.68 Å². The molecule has 0 radical (unpaired) electrons. The quantitative estimate of drug-likeness (QED) is 0.723. The lowest BCUT2D eigenvalue weighted by molar-refractivity contribution is -0.931. The van der Waals surface area contributed by atoms with Crippen LogP contribution in [0.1, 0.15) is 43.1 Å². The maximum absolute atomic E-state index is 11.6. The van der Waals surface area contributed by atoms with Gasteiger partial charge in [0.15, 0.2) is 6.04 Å². The molecule has 0 bridgehead atoms. The second-order valence-corrected chi connectivity index (χ2v) is 8.05. The van der Waals surface area contributed by atoms with Crippen LogP contribution in [-0.2, 0) is 16.1 Å². The Kier molecular flexibility index (Phi) is 5.89. The van der Waals surface area contributed by atoms with Crippen LogP contribution in [0.15, 0.2) is 24.3 Å². The molecule has 2 aromatic rings. The highest BCUT2D eigenvalue weighted by molar-refractivity contribution is 6.31. The molecule has 4 rings (SSSR count). The zero-order valence-corrected chi connectivity index (χ0v) is 16.5. The normalized spacial score (nSPS) is 26.2. The molecule has 2 aliphatic heterocycles. The summed E-state index contributed by atoms with van der Waals surface area (Å²) in [5.41, 5.74) is 6.51. The van der Waals surface area contributed by atoms with Crippen LogP contribution in [0.2, 0.25) is 5.02 Å². The lowest BCUT2D eigenvalue weighted by Crippen LogP contribution is -3.13. The molecule has 2 fully saturated rings. The van der Waals surface area contributed by atoms with Gasteiger partial charge >= 0.3 is 0 Å². The number of halogens is 1. The number of carbonyl (C=O) groups excluding carboxylic acids is 1. The third-order valence-electron chi connectivity index (χ3n) is 5.87. The van der Waals surface area contributed by atoms with Gasteiger partial charge in [-0.1, -0.05) is 29.8 Å². The molecule has 9 heteroatoms. The largest absolute Gasteiger partial charge is 0.376 e. The Morgan fingerprint density at radius 2 is 2.11 bits per heavy atom. The molecule has 1 aromatic carbocycles. The summed E-state index contributed by atoms with van der Waals surface area (Å²) in [7, 11) is 0. The van der Waals surface area contributed by atoms with Crippen LogP contribution < -0.4 is 10.6 Å². The molecule has 28 heavy (non-hydrogen) atoms. The van der Waals surface area contributed by atoms with E-state index in [1.165, 1.54) is 4.90 Å². The molecule has 3 heterocycles. The molecule has 8 nitrogen and oxygen atoms in total. The predicted octanol–water partition coefficient (Wildman–Crippen LogP) is 0.375. The minimum Gasteiger partial charge on any atom is -0.376 e. The maximum Gasteiger partial charge on any atom is 0.220 e. The molecule has 150 valence electrons. The van der Waals surface area contributed by atoms with Gasteiger partial charge in [-0.2, -0.15) is 0 Å². The van der Waals surface area contributed by atoms with Crippen molar-refractivity contribution in [2.45, 2.75) is 44.4 Å². The van der Waals surface area contributed by atoms with E-state index in [1.807, 2.05) is 28.9 Å². The summed E-state index contributed by atoms with van der Waals surface area (Å²) in [4.78, 5) is 12.9. The topological polar surface area (TPSA) is 100 Å². The number of nitrogens with two attached hydrogens (primary N) is 1. The van der Waals surface area contributed by atoms with Crippen molar-refractivity contribution in [3.8, 4) is 0 Å². The second kappa shape index (κ2) is 8.55. The van der Waals surface area contributed by atoms with E-state index < -0.39 is 0 Å². The fraction of sp³-hybridized carbons (Fsp3) is 0.579. The van der Waals surface area contributed by atoms with Crippen molar-refractivity contribution in [1.29, 1.82) is 0 Å². The number of piperidine rings is 1. The first kappa shape index (κ1) is 19.3. The number of rotatable bonds is 6. The zero-order chi connectivity index (χ0) is 19.5. The zero-order valence-electron chi connectivity index (χ0n) is 15.8. The van der Waals surface area contributed by atoms with Crippen molar-refractivity contribution in [2.24, 2.45) is 11.7 Å². The number of carbonyl (C=O) groups is 1. The number of hydrogen-bond acceptors (Lipinski definition) is 5. The number of nitrogens with one attached hydrogen (secondary N) is 1. The Morgan fingerprint density at radius 3 is 2.79 bits per heavy atom. The molecule has 0 aliphatic carbocycles. The molecular formula is C19H26ClN6O2+. The van der Waals surface area contributed by atoms with Crippen LogP contribution >= 0.6 is 11.6 Å². The number of quaternary nitrogens is 1. The Bertz CT molecular complexity index is 814. The third kappa shape index (κ3) is 4.04. The summed E-state index contributed by atoms with van der Waals surface area (Å²) in [6.45, 7) is 3.06. The van der Waals surface area contributed by atoms with Gasteiger partial charge in [0.1, 0.15) is 0 Å². The second-order valence-electron chi connectivity index (χ2n) is 7.64.